The first-order valence-corrected chi connectivity index (χ1v) is 51.1. The number of nitrogens with one attached hydrogen (secondary N) is 8. The fourth-order valence-corrected chi connectivity index (χ4v) is 20.0. The van der Waals surface area contributed by atoms with Crippen LogP contribution in [0.1, 0.15) is 185 Å². The smallest absolute Gasteiger partial charge is 0.276 e. The van der Waals surface area contributed by atoms with Gasteiger partial charge >= 0.3 is 0 Å². The number of aromatic amines is 4. The van der Waals surface area contributed by atoms with Crippen molar-refractivity contribution in [1.82, 2.24) is 110 Å². The van der Waals surface area contributed by atoms with E-state index < -0.39 is 11.8 Å². The lowest BCUT2D eigenvalue weighted by atomic mass is 9.95. The molecule has 0 bridgehead atoms. The van der Waals surface area contributed by atoms with Gasteiger partial charge in [-0.1, -0.05) is 43.5 Å². The van der Waals surface area contributed by atoms with E-state index in [1.807, 2.05) is 150 Å². The Morgan fingerprint density at radius 1 is 0.331 bits per heavy atom. The lowest BCUT2D eigenvalue weighted by Gasteiger charge is -2.31. The van der Waals surface area contributed by atoms with Gasteiger partial charge in [-0.05, 0) is 278 Å². The molecule has 7 aliphatic rings. The molecule has 4 amide bonds. The highest BCUT2D eigenvalue weighted by Crippen LogP contribution is 2.37. The zero-order chi connectivity index (χ0) is 101. The quantitative estimate of drug-likeness (QED) is 0.0225. The molecule has 12 aromatic heterocycles. The maximum atomic E-state index is 13.6. The van der Waals surface area contributed by atoms with Crippen molar-refractivity contribution in [2.24, 2.45) is 0 Å². The molecule has 18 heterocycles. The third-order valence-electron chi connectivity index (χ3n) is 28.3. The van der Waals surface area contributed by atoms with Gasteiger partial charge in [0.2, 0.25) is 0 Å². The number of hydrogen-bond donors (Lipinski definition) is 10. The summed E-state index contributed by atoms with van der Waals surface area (Å²) < 4.78 is 60.4. The maximum absolute atomic E-state index is 13.6. The average molecular weight is 2000 g/mol. The number of nitrogens with zero attached hydrogens (tertiary/aromatic N) is 18. The minimum absolute atomic E-state index is 0.0892. The maximum Gasteiger partial charge on any atom is 0.276 e. The number of hydrogen-bond acceptors (Lipinski definition) is 25. The molecule has 37 heteroatoms. The molecule has 6 saturated heterocycles. The molecule has 762 valence electrons. The number of carbonyl (C=O) groups is 4. The number of pyridine rings is 8. The van der Waals surface area contributed by atoms with Gasteiger partial charge in [-0.25, -0.2) is 17.6 Å². The number of piperidine rings is 4. The van der Waals surface area contributed by atoms with E-state index in [2.05, 4.69) is 122 Å². The number of carbonyl (C=O) groups excluding carboxylic acids is 4. The molecule has 0 radical (unpaired) electrons. The topological polar surface area (TPSA) is 409 Å². The molecule has 4 aromatic carbocycles. The number of fused-ring (bicyclic) bond motifs is 4. The summed E-state index contributed by atoms with van der Waals surface area (Å²) in [5, 5.41) is 53.0. The van der Waals surface area contributed by atoms with Crippen LogP contribution in [0, 0.1) is 0 Å². The summed E-state index contributed by atoms with van der Waals surface area (Å²) >= 11 is 0. The van der Waals surface area contributed by atoms with Crippen LogP contribution in [0.15, 0.2) is 220 Å². The first-order chi connectivity index (χ1) is 72.1. The number of nitrogens with two attached hydrogens (primary N) is 1. The van der Waals surface area contributed by atoms with Crippen LogP contribution >= 0.6 is 0 Å². The van der Waals surface area contributed by atoms with E-state index in [9.17, 15) is 41.8 Å². The number of nitrogen functional groups attached to an aromatic ring is 1. The molecule has 16 aromatic rings. The monoisotopic (exact) mass is 2000 g/mol. The van der Waals surface area contributed by atoms with Gasteiger partial charge in [-0.15, -0.1) is 0 Å². The number of H-pyrrole nitrogens is 4. The van der Waals surface area contributed by atoms with E-state index in [1.54, 1.807) is 79.3 Å². The zero-order valence-electron chi connectivity index (χ0n) is 82.3. The Morgan fingerprint density at radius 3 is 0.980 bits per heavy atom. The number of rotatable bonds is 26. The van der Waals surface area contributed by atoms with Crippen molar-refractivity contribution in [3.8, 4) is 50.3 Å². The summed E-state index contributed by atoms with van der Waals surface area (Å²) in [6.45, 7) is 14.1. The third-order valence-corrected chi connectivity index (χ3v) is 28.3. The Labute approximate surface area is 852 Å². The molecular weight excluding hydrogens is 1880 g/mol. The van der Waals surface area contributed by atoms with E-state index in [0.717, 1.165) is 215 Å². The molecule has 1 saturated carbocycles. The highest BCUT2D eigenvalue weighted by atomic mass is 19.3. The van der Waals surface area contributed by atoms with Crippen molar-refractivity contribution in [2.45, 2.75) is 172 Å². The fourth-order valence-electron chi connectivity index (χ4n) is 20.0. The first-order valence-electron chi connectivity index (χ1n) is 51.1. The van der Waals surface area contributed by atoms with E-state index >= 15 is 0 Å². The van der Waals surface area contributed by atoms with Crippen LogP contribution in [0.3, 0.4) is 0 Å². The van der Waals surface area contributed by atoms with Crippen molar-refractivity contribution < 1.29 is 46.6 Å². The predicted octanol–water partition coefficient (Wildman–Crippen LogP) is 18.6. The number of alkyl halides is 4. The van der Waals surface area contributed by atoms with Crippen LogP contribution in [0.2, 0.25) is 0 Å². The van der Waals surface area contributed by atoms with Crippen molar-refractivity contribution in [2.75, 3.05) is 106 Å². The Morgan fingerprint density at radius 2 is 0.649 bits per heavy atom. The first kappa shape index (κ1) is 100. The van der Waals surface area contributed by atoms with Gasteiger partial charge in [0.25, 0.3) is 35.5 Å². The minimum Gasteiger partial charge on any atom is -0.489 e. The van der Waals surface area contributed by atoms with Crippen molar-refractivity contribution in [1.29, 1.82) is 0 Å². The van der Waals surface area contributed by atoms with E-state index in [1.165, 1.54) is 64.2 Å². The summed E-state index contributed by atoms with van der Waals surface area (Å²) in [6.07, 6.45) is 35.9. The second-order valence-electron chi connectivity index (χ2n) is 39.5. The molecule has 148 heavy (non-hydrogen) atoms. The minimum atomic E-state index is -2.63. The van der Waals surface area contributed by atoms with Gasteiger partial charge in [-0.3, -0.25) is 109 Å². The number of likely N-dealkylation sites (tertiary alicyclic amines) is 6. The molecule has 0 unspecified atom stereocenters. The molecule has 6 aliphatic heterocycles. The molecule has 7 fully saturated rings. The summed E-state index contributed by atoms with van der Waals surface area (Å²) in [5.74, 6) is -5.71. The van der Waals surface area contributed by atoms with Crippen LogP contribution in [0.5, 0.6) is 5.75 Å². The van der Waals surface area contributed by atoms with Gasteiger partial charge in [0.1, 0.15) is 5.75 Å². The number of benzene rings is 4. The zero-order valence-corrected chi connectivity index (χ0v) is 82.3. The lowest BCUT2D eigenvalue weighted by Crippen LogP contribution is -2.38. The molecule has 23 rings (SSSR count). The third kappa shape index (κ3) is 25.9. The summed E-state index contributed by atoms with van der Waals surface area (Å²) in [4.78, 5) is 101. The van der Waals surface area contributed by atoms with E-state index in [-0.39, 0.29) is 67.3 Å². The number of aliphatic hydroxyl groups is 1. The Balaban J connectivity index is 0.000000120. The second-order valence-corrected chi connectivity index (χ2v) is 39.5. The molecule has 0 atom stereocenters. The molecule has 1 aliphatic carbocycles. The van der Waals surface area contributed by atoms with Crippen molar-refractivity contribution in [3.05, 3.63) is 277 Å². The van der Waals surface area contributed by atoms with Gasteiger partial charge in [0, 0.05) is 165 Å². The van der Waals surface area contributed by atoms with E-state index in [0.29, 0.717) is 94.8 Å². The average Bonchev–Trinajstić information content (AvgIpc) is 1.62. The SMILES string of the molecule is Nc1cncc(-c2ccc3[nH]nc(C(=O)Nc4ccc(CN5CCCCC5)nc4)c3c2)c1.O=C(Nc1ccc(CN2CCC2)nc1)c1n[nH]c2ccc(-c3cncc(OC4CCC(O)CC4)c3)cc12.O=C(Nc1ccc(CN2CCCCC2)nc1)c1n[nH]c2ccc(-c3cncc(CN4CCC(F)(F)C4)c3)cc12.O=C(Nc1ccc(CN2CCCCC2)nc1)c1n[nH]c2ccc(-c3cncc(CN4CCC(F)(F)CC4)c3)cc12. The largest absolute Gasteiger partial charge is 0.489 e. The standard InChI is InChI=1S/C30H33F2N7O.C29H31F2N7O.C28H30N6O3.C24H25N7O/c31-30(32)8-12-39(13-9-30)19-21-14-23(17-33-16-21)22-4-7-27-26(15-22)28(37-36-27)29(40)35-24-5-6-25(34-18-24)20-38-10-2-1-3-11-38;30-29(31)8-11-38(19-29)17-20-12-22(15-32-14-20)21-4-7-26-25(13-21)27(36-35-26)28(39)34-23-5-6-24(33-16-23)18-37-9-2-1-3-10-37;35-22-5-7-23(8-6-22)37-24-12-19(14-29-16-24)18-2-9-26-25(13-18)27(33-32-26)28(36)31-20-3-4-21(30-15-20)17-34-10-1-11-34;25-18-10-17(12-26-13-18)16-4-7-22-21(11-16)23(30-29-22)24(32)28-19-5-6-20(27-14-19)15-31-8-2-1-3-9-31/h4-7,14-18H,1-3,8-13,19-20H2,(H,35,40)(H,36,37);4-7,12-16H,1-3,8-11,17-19H2,(H,34,39)(H,35,36);2-4,9,12-16,22-23,35H,1,5-8,10-11,17H2,(H,31,36)(H,32,33);4-7,10-14H,1-3,8-9,15,25H2,(H,28,32)(H,29,30). The van der Waals surface area contributed by atoms with Crippen molar-refractivity contribution >= 4 is 95.7 Å². The lowest BCUT2D eigenvalue weighted by molar-refractivity contribution is -0.0566. The van der Waals surface area contributed by atoms with Gasteiger partial charge < -0.3 is 36.8 Å². The van der Waals surface area contributed by atoms with E-state index in [4.69, 9.17) is 10.5 Å². The Bertz CT molecular complexity index is 7290. The fraction of sp³-hybridized carbons (Fsp3) is 0.351. The molecular formula is C111H119F4N27O6. The number of ether oxygens (including phenoxy) is 1. The second kappa shape index (κ2) is 46.3. The van der Waals surface area contributed by atoms with Crippen LogP contribution in [-0.4, -0.2) is 241 Å². The number of anilines is 5. The van der Waals surface area contributed by atoms with Crippen LogP contribution in [0.4, 0.5) is 46.0 Å². The number of amides is 4. The summed E-state index contributed by atoms with van der Waals surface area (Å²) in [7, 11) is 0. The van der Waals surface area contributed by atoms with Crippen LogP contribution < -0.4 is 31.7 Å². The van der Waals surface area contributed by atoms with Crippen LogP contribution in [-0.2, 0) is 39.3 Å². The summed E-state index contributed by atoms with van der Waals surface area (Å²) in [5.41, 5.74) is 26.1. The summed E-state index contributed by atoms with van der Waals surface area (Å²) in [6, 6.07) is 46.2. The predicted molar refractivity (Wildman–Crippen MR) is 561 cm³/mol. The molecule has 33 nitrogen and oxygen atoms in total. The van der Waals surface area contributed by atoms with Crippen LogP contribution in [0.25, 0.3) is 88.1 Å². The number of halogens is 4. The van der Waals surface area contributed by atoms with Gasteiger partial charge in [-0.2, -0.15) is 20.4 Å². The Kier molecular flexibility index (Phi) is 31.3. The molecule has 11 N–H and O–H groups in total. The van der Waals surface area contributed by atoms with Gasteiger partial charge in [0.05, 0.1) is 123 Å². The number of aliphatic hydroxyl groups excluding tert-OH is 1. The van der Waals surface area contributed by atoms with Crippen molar-refractivity contribution in [3.63, 3.8) is 0 Å². The Hall–Kier alpha value is -15.1. The molecule has 0 spiro atoms. The number of aromatic nitrogens is 16. The highest BCUT2D eigenvalue weighted by Gasteiger charge is 2.39. The van der Waals surface area contributed by atoms with Gasteiger partial charge in [0.15, 0.2) is 22.8 Å². The highest BCUT2D eigenvalue weighted by molar-refractivity contribution is 6.14. The normalized spacial score (nSPS) is 17.8.